The maximum absolute atomic E-state index is 15.4. The standard InChI is InChI=1S/C48H51FN14O3/c49-40-19-34(55-41-10-13-45(64)57-48(41)65)5-11-43(40)59-17-15-58(16-18-59)36-6-8-37(9-7-36)62-24-33(23-53-62)42-28-63-47(32(20-50)22-54-63)46(56-42)31-4-12-44(52-21-31)60-26-38-29-66-30-39(27-60)61(38)25-35-3-1-2-14-51-35/h1-5,11-12,14,19,21-24,28,36-39,41,55H,6-10,13,15-18,25-27,29-30H2,(H,57,64,65)/t36-,37-,38?,39?,41-/m1/s1. The van der Waals surface area contributed by atoms with Gasteiger partial charge in [0.2, 0.25) is 11.8 Å². The molecule has 11 rings (SSSR count). The zero-order chi connectivity index (χ0) is 44.7. The van der Waals surface area contributed by atoms with E-state index in [1.54, 1.807) is 22.8 Å². The molecule has 2 N–H and O–H groups in total. The molecule has 66 heavy (non-hydrogen) atoms. The van der Waals surface area contributed by atoms with Crippen LogP contribution in [0, 0.1) is 17.1 Å². The summed E-state index contributed by atoms with van der Waals surface area (Å²) in [6.07, 6.45) is 15.8. The number of nitriles is 1. The predicted octanol–water partition coefficient (Wildman–Crippen LogP) is 4.67. The van der Waals surface area contributed by atoms with Crippen molar-refractivity contribution in [3.63, 3.8) is 0 Å². The maximum Gasteiger partial charge on any atom is 0.249 e. The number of fused-ring (bicyclic) bond motifs is 3. The van der Waals surface area contributed by atoms with E-state index >= 15 is 4.39 Å². The van der Waals surface area contributed by atoms with Gasteiger partial charge in [-0.05, 0) is 74.6 Å². The SMILES string of the molecule is N#Cc1cnn2cc(-c3cnn([C@H]4CC[C@H](N5CCN(c6ccc(N[C@@H]7CCC(=O)NC7=O)cc6F)CC5)CC4)c3)nc(-c3ccc(N4CC5COCC(C4)N5Cc4ccccn4)nc3)c12. The van der Waals surface area contributed by atoms with Gasteiger partial charge in [-0.15, -0.1) is 0 Å². The van der Waals surface area contributed by atoms with Crippen LogP contribution in [0.5, 0.6) is 0 Å². The average molecular weight is 891 g/mol. The van der Waals surface area contributed by atoms with E-state index in [2.05, 4.69) is 63.3 Å². The highest BCUT2D eigenvalue weighted by atomic mass is 19.1. The summed E-state index contributed by atoms with van der Waals surface area (Å²) < 4.78 is 25.2. The van der Waals surface area contributed by atoms with E-state index in [4.69, 9.17) is 19.8 Å². The molecule has 18 heteroatoms. The van der Waals surface area contributed by atoms with Crippen LogP contribution in [0.2, 0.25) is 0 Å². The molecule has 5 fully saturated rings. The number of pyridine rings is 2. The smallest absolute Gasteiger partial charge is 0.249 e. The zero-order valence-electron chi connectivity index (χ0n) is 36.5. The monoisotopic (exact) mass is 890 g/mol. The van der Waals surface area contributed by atoms with Crippen molar-refractivity contribution in [2.45, 2.75) is 75.3 Å². The van der Waals surface area contributed by atoms with Crippen LogP contribution in [0.15, 0.2) is 85.7 Å². The van der Waals surface area contributed by atoms with Gasteiger partial charge in [0.1, 0.15) is 34.8 Å². The number of piperazine rings is 2. The molecular weight excluding hydrogens is 840 g/mol. The van der Waals surface area contributed by atoms with Crippen LogP contribution in [-0.4, -0.2) is 133 Å². The topological polar surface area (TPSA) is 178 Å². The Kier molecular flexibility index (Phi) is 11.3. The summed E-state index contributed by atoms with van der Waals surface area (Å²) in [6.45, 7) is 6.89. The number of carbonyl (C=O) groups is 2. The van der Waals surface area contributed by atoms with E-state index in [9.17, 15) is 14.9 Å². The molecule has 5 aliphatic rings. The Labute approximate surface area is 381 Å². The van der Waals surface area contributed by atoms with Gasteiger partial charge in [-0.25, -0.2) is 18.9 Å². The number of rotatable bonds is 10. The number of hydrogen-bond acceptors (Lipinski definition) is 14. The molecule has 4 aliphatic heterocycles. The Balaban J connectivity index is 0.722. The summed E-state index contributed by atoms with van der Waals surface area (Å²) in [4.78, 5) is 47.9. The van der Waals surface area contributed by atoms with Gasteiger partial charge in [0.05, 0.1) is 72.7 Å². The van der Waals surface area contributed by atoms with Crippen molar-refractivity contribution in [2.24, 2.45) is 0 Å². The molecule has 3 atom stereocenters. The first-order valence-corrected chi connectivity index (χ1v) is 23.0. The third-order valence-corrected chi connectivity index (χ3v) is 14.1. The van der Waals surface area contributed by atoms with Crippen LogP contribution in [-0.2, 0) is 20.9 Å². The Morgan fingerprint density at radius 3 is 2.38 bits per heavy atom. The number of benzene rings is 1. The Bertz CT molecular complexity index is 2760. The summed E-state index contributed by atoms with van der Waals surface area (Å²) in [5.74, 6) is -0.0909. The van der Waals surface area contributed by atoms with E-state index in [1.165, 1.54) is 6.07 Å². The Morgan fingerprint density at radius 2 is 1.65 bits per heavy atom. The number of ether oxygens (including phenoxy) is 1. The lowest BCUT2D eigenvalue weighted by atomic mass is 9.90. The number of piperidine rings is 1. The van der Waals surface area contributed by atoms with Crippen molar-refractivity contribution in [1.29, 1.82) is 5.26 Å². The maximum atomic E-state index is 15.4. The lowest BCUT2D eigenvalue weighted by molar-refractivity contribution is -0.133. The van der Waals surface area contributed by atoms with Gasteiger partial charge in [-0.1, -0.05) is 6.07 Å². The third kappa shape index (κ3) is 8.33. The Hall–Kier alpha value is -6.81. The second kappa shape index (κ2) is 17.9. The van der Waals surface area contributed by atoms with Gasteiger partial charge in [-0.3, -0.25) is 34.4 Å². The molecule has 1 saturated carbocycles. The van der Waals surface area contributed by atoms with Crippen molar-refractivity contribution in [3.8, 4) is 28.6 Å². The van der Waals surface area contributed by atoms with Crippen molar-refractivity contribution < 1.29 is 18.7 Å². The van der Waals surface area contributed by atoms with E-state index in [0.29, 0.717) is 59.5 Å². The number of nitrogens with zero attached hydrogens (tertiary/aromatic N) is 12. The molecule has 1 aromatic carbocycles. The quantitative estimate of drug-likeness (QED) is 0.181. The van der Waals surface area contributed by atoms with E-state index < -0.39 is 6.04 Å². The van der Waals surface area contributed by atoms with Gasteiger partial charge in [0.15, 0.2) is 0 Å². The number of morpholine rings is 1. The predicted molar refractivity (Wildman–Crippen MR) is 244 cm³/mol. The minimum absolute atomic E-state index is 0.228. The Morgan fingerprint density at radius 1 is 0.833 bits per heavy atom. The minimum Gasteiger partial charge on any atom is -0.378 e. The number of nitrogens with one attached hydrogen (secondary N) is 2. The molecule has 2 unspecified atom stereocenters. The van der Waals surface area contributed by atoms with E-state index in [1.807, 2.05) is 49.1 Å². The summed E-state index contributed by atoms with van der Waals surface area (Å²) >= 11 is 0. The molecule has 17 nitrogen and oxygen atoms in total. The van der Waals surface area contributed by atoms with Gasteiger partial charge in [0.25, 0.3) is 0 Å². The number of carbonyl (C=O) groups excluding carboxylic acids is 2. The third-order valence-electron chi connectivity index (χ3n) is 14.1. The van der Waals surface area contributed by atoms with Gasteiger partial charge in [-0.2, -0.15) is 15.5 Å². The summed E-state index contributed by atoms with van der Waals surface area (Å²) in [7, 11) is 0. The van der Waals surface area contributed by atoms with Crippen LogP contribution in [0.1, 0.15) is 55.8 Å². The average Bonchev–Trinajstić information content (AvgIpc) is 4.01. The molecule has 5 aromatic heterocycles. The summed E-state index contributed by atoms with van der Waals surface area (Å²) in [5, 5.41) is 24.8. The number of amides is 2. The first kappa shape index (κ1) is 41.9. The fourth-order valence-electron chi connectivity index (χ4n) is 10.6. The number of hydrogen-bond donors (Lipinski definition) is 2. The highest BCUT2D eigenvalue weighted by molar-refractivity contribution is 6.01. The normalized spacial score (nSPS) is 24.0. The van der Waals surface area contributed by atoms with Crippen LogP contribution < -0.4 is 20.4 Å². The van der Waals surface area contributed by atoms with Gasteiger partial charge >= 0.3 is 0 Å². The second-order valence-electron chi connectivity index (χ2n) is 18.1. The van der Waals surface area contributed by atoms with Crippen LogP contribution >= 0.6 is 0 Å². The number of halogens is 1. The van der Waals surface area contributed by atoms with Crippen molar-refractivity contribution in [1.82, 2.24) is 49.5 Å². The van der Waals surface area contributed by atoms with Gasteiger partial charge < -0.3 is 19.9 Å². The first-order valence-electron chi connectivity index (χ1n) is 23.0. The molecule has 1 aliphatic carbocycles. The highest BCUT2D eigenvalue weighted by Gasteiger charge is 2.39. The molecule has 2 amide bonds. The summed E-state index contributed by atoms with van der Waals surface area (Å²) in [5.41, 5.74) is 6.25. The van der Waals surface area contributed by atoms with Crippen molar-refractivity contribution in [3.05, 3.63) is 103 Å². The second-order valence-corrected chi connectivity index (χ2v) is 18.1. The molecule has 6 aromatic rings. The molecule has 4 saturated heterocycles. The summed E-state index contributed by atoms with van der Waals surface area (Å²) in [6, 6.07) is 18.1. The van der Waals surface area contributed by atoms with Crippen LogP contribution in [0.3, 0.4) is 0 Å². The molecule has 9 heterocycles. The first-order chi connectivity index (χ1) is 32.3. The van der Waals surface area contributed by atoms with Crippen LogP contribution in [0.25, 0.3) is 28.0 Å². The highest BCUT2D eigenvalue weighted by Crippen LogP contribution is 2.35. The number of imide groups is 1. The molecule has 2 bridgehead atoms. The molecular formula is C48H51FN14O3. The molecule has 338 valence electrons. The van der Waals surface area contributed by atoms with E-state index in [-0.39, 0.29) is 42.2 Å². The molecule has 0 spiro atoms. The zero-order valence-corrected chi connectivity index (χ0v) is 36.5. The van der Waals surface area contributed by atoms with Crippen molar-refractivity contribution in [2.75, 3.05) is 67.6 Å². The molecule has 0 radical (unpaired) electrons. The van der Waals surface area contributed by atoms with Crippen LogP contribution in [0.4, 0.5) is 21.6 Å². The fourth-order valence-corrected chi connectivity index (χ4v) is 10.6. The number of anilines is 3. The lowest BCUT2D eigenvalue weighted by Gasteiger charge is -2.50. The fraction of sp³-hybridized carbons (Fsp3) is 0.417. The lowest BCUT2D eigenvalue weighted by Crippen LogP contribution is -2.64. The van der Waals surface area contributed by atoms with E-state index in [0.717, 1.165) is 94.1 Å². The van der Waals surface area contributed by atoms with Crippen molar-refractivity contribution >= 4 is 34.5 Å². The number of aromatic nitrogens is 7. The minimum atomic E-state index is -0.559. The largest absolute Gasteiger partial charge is 0.378 e. The van der Waals surface area contributed by atoms with Gasteiger partial charge in [0, 0.05) is 93.7 Å².